The zero-order valence-electron chi connectivity index (χ0n) is 15.3. The largest absolute Gasteiger partial charge is 0.330 e. The van der Waals surface area contributed by atoms with Crippen LogP contribution in [0.2, 0.25) is 0 Å². The molecule has 4 aromatic carbocycles. The Hall–Kier alpha value is -2.21. The molecule has 0 fully saturated rings. The normalized spacial score (nSPS) is 13.2. The molecule has 0 heterocycles. The van der Waals surface area contributed by atoms with Crippen LogP contribution in [0, 0.1) is 0 Å². The lowest BCUT2D eigenvalue weighted by Crippen LogP contribution is -2.41. The molecule has 0 amide bonds. The summed E-state index contributed by atoms with van der Waals surface area (Å²) in [7, 11) is 2.57. The minimum atomic E-state index is -3.57. The number of nitrogens with zero attached hydrogens (tertiary/aromatic N) is 1. The van der Waals surface area contributed by atoms with Crippen molar-refractivity contribution < 1.29 is 12.9 Å². The van der Waals surface area contributed by atoms with Gasteiger partial charge in [-0.05, 0) is 33.0 Å². The van der Waals surface area contributed by atoms with Crippen LogP contribution in [0.15, 0.2) is 59.5 Å². The number of rotatable bonds is 5. The van der Waals surface area contributed by atoms with Gasteiger partial charge in [0.2, 0.25) is 10.0 Å². The quantitative estimate of drug-likeness (QED) is 0.433. The standard InChI is InChI=1S/C21H23N2O2S/c1-23(2,3)14-13-22-26(24,25)19-12-10-17-8-7-15-5-4-6-16-9-11-18(19)21(17)20(15)16/h4-12,22H,13-14H2,1-3H3/q+1. The van der Waals surface area contributed by atoms with Crippen LogP contribution in [-0.2, 0) is 10.0 Å². The molecule has 0 saturated heterocycles. The monoisotopic (exact) mass is 367 g/mol. The van der Waals surface area contributed by atoms with Crippen LogP contribution in [0.25, 0.3) is 32.3 Å². The van der Waals surface area contributed by atoms with Crippen LogP contribution in [0.1, 0.15) is 0 Å². The number of quaternary nitrogens is 1. The van der Waals surface area contributed by atoms with Crippen molar-refractivity contribution in [3.8, 4) is 0 Å². The first-order chi connectivity index (χ1) is 12.3. The Morgan fingerprint density at radius 1 is 0.808 bits per heavy atom. The second-order valence-electron chi connectivity index (χ2n) is 7.83. The molecule has 0 aliphatic carbocycles. The average molecular weight is 367 g/mol. The third kappa shape index (κ3) is 2.92. The summed E-state index contributed by atoms with van der Waals surface area (Å²) in [5.74, 6) is 0. The highest BCUT2D eigenvalue weighted by Gasteiger charge is 2.20. The lowest BCUT2D eigenvalue weighted by molar-refractivity contribution is -0.869. The Morgan fingerprint density at radius 2 is 1.38 bits per heavy atom. The summed E-state index contributed by atoms with van der Waals surface area (Å²) < 4.78 is 29.4. The molecule has 0 saturated carbocycles. The van der Waals surface area contributed by atoms with Crippen molar-refractivity contribution in [2.24, 2.45) is 0 Å². The average Bonchev–Trinajstić information content (AvgIpc) is 2.58. The molecular weight excluding hydrogens is 344 g/mol. The molecule has 1 N–H and O–H groups in total. The van der Waals surface area contributed by atoms with Gasteiger partial charge in [-0.15, -0.1) is 0 Å². The van der Waals surface area contributed by atoms with Crippen LogP contribution in [-0.4, -0.2) is 47.1 Å². The lowest BCUT2D eigenvalue weighted by atomic mass is 9.94. The highest BCUT2D eigenvalue weighted by molar-refractivity contribution is 7.89. The Balaban J connectivity index is 1.88. The predicted octanol–water partition coefficient (Wildman–Crippen LogP) is 3.57. The van der Waals surface area contributed by atoms with E-state index in [9.17, 15) is 8.42 Å². The second-order valence-corrected chi connectivity index (χ2v) is 9.57. The lowest BCUT2D eigenvalue weighted by Gasteiger charge is -2.24. The summed E-state index contributed by atoms with van der Waals surface area (Å²) >= 11 is 0. The summed E-state index contributed by atoms with van der Waals surface area (Å²) in [6, 6.07) is 17.9. The molecule has 0 atom stereocenters. The molecule has 0 unspecified atom stereocenters. The maximum Gasteiger partial charge on any atom is 0.241 e. The Morgan fingerprint density at radius 3 is 2.04 bits per heavy atom. The van der Waals surface area contributed by atoms with Crippen LogP contribution >= 0.6 is 0 Å². The third-order valence-corrected chi connectivity index (χ3v) is 6.37. The summed E-state index contributed by atoms with van der Waals surface area (Å²) in [5, 5.41) is 6.27. The van der Waals surface area contributed by atoms with Gasteiger partial charge in [-0.1, -0.05) is 48.5 Å². The van der Waals surface area contributed by atoms with Gasteiger partial charge in [0, 0.05) is 5.39 Å². The van der Waals surface area contributed by atoms with Crippen LogP contribution < -0.4 is 4.72 Å². The second kappa shape index (κ2) is 5.91. The molecule has 4 rings (SSSR count). The van der Waals surface area contributed by atoms with E-state index >= 15 is 0 Å². The van der Waals surface area contributed by atoms with Crippen molar-refractivity contribution in [1.82, 2.24) is 4.72 Å². The zero-order chi connectivity index (χ0) is 18.5. The van der Waals surface area contributed by atoms with Gasteiger partial charge in [-0.3, -0.25) is 0 Å². The van der Waals surface area contributed by atoms with Gasteiger partial charge >= 0.3 is 0 Å². The molecule has 0 spiro atoms. The third-order valence-electron chi connectivity index (χ3n) is 4.85. The summed E-state index contributed by atoms with van der Waals surface area (Å²) in [5.41, 5.74) is 0. The molecule has 0 radical (unpaired) electrons. The fourth-order valence-electron chi connectivity index (χ4n) is 3.54. The maximum atomic E-state index is 12.9. The Bertz CT molecular complexity index is 1190. The first-order valence-corrected chi connectivity index (χ1v) is 10.2. The molecular formula is C21H23N2O2S+. The Labute approximate surface area is 154 Å². The zero-order valence-corrected chi connectivity index (χ0v) is 16.1. The molecule has 0 bridgehead atoms. The summed E-state index contributed by atoms with van der Waals surface area (Å²) in [6.07, 6.45) is 0. The van der Waals surface area contributed by atoms with Crippen LogP contribution in [0.5, 0.6) is 0 Å². The van der Waals surface area contributed by atoms with E-state index < -0.39 is 10.0 Å². The fraction of sp³-hybridized carbons (Fsp3) is 0.238. The van der Waals surface area contributed by atoms with Gasteiger partial charge in [0.05, 0.1) is 39.1 Å². The minimum Gasteiger partial charge on any atom is -0.330 e. The number of likely N-dealkylation sites (N-methyl/N-ethyl adjacent to an activating group) is 1. The molecule has 0 aliphatic heterocycles. The van der Waals surface area contributed by atoms with Gasteiger partial charge in [0.1, 0.15) is 0 Å². The van der Waals surface area contributed by atoms with Crippen molar-refractivity contribution in [2.75, 3.05) is 34.2 Å². The van der Waals surface area contributed by atoms with Crippen molar-refractivity contribution >= 4 is 42.3 Å². The number of hydrogen-bond acceptors (Lipinski definition) is 2. The maximum absolute atomic E-state index is 12.9. The van der Waals surface area contributed by atoms with Crippen molar-refractivity contribution in [3.63, 3.8) is 0 Å². The molecule has 0 aliphatic rings. The van der Waals surface area contributed by atoms with Gasteiger partial charge < -0.3 is 4.48 Å². The number of nitrogens with one attached hydrogen (secondary N) is 1. The van der Waals surface area contributed by atoms with Gasteiger partial charge in [0.15, 0.2) is 0 Å². The number of benzene rings is 4. The highest BCUT2D eigenvalue weighted by atomic mass is 32.2. The fourth-order valence-corrected chi connectivity index (χ4v) is 4.76. The predicted molar refractivity (Wildman–Crippen MR) is 108 cm³/mol. The van der Waals surface area contributed by atoms with E-state index in [2.05, 4.69) is 29.0 Å². The number of sulfonamides is 1. The van der Waals surface area contributed by atoms with Gasteiger partial charge in [-0.2, -0.15) is 0 Å². The first-order valence-electron chi connectivity index (χ1n) is 8.73. The molecule has 134 valence electrons. The van der Waals surface area contributed by atoms with E-state index in [1.807, 2.05) is 45.4 Å². The van der Waals surface area contributed by atoms with E-state index in [0.29, 0.717) is 15.9 Å². The van der Waals surface area contributed by atoms with E-state index in [1.165, 1.54) is 0 Å². The molecule has 0 aromatic heterocycles. The summed E-state index contributed by atoms with van der Waals surface area (Å²) in [4.78, 5) is 0.352. The van der Waals surface area contributed by atoms with E-state index in [0.717, 1.165) is 38.9 Å². The van der Waals surface area contributed by atoms with Crippen LogP contribution in [0.4, 0.5) is 0 Å². The highest BCUT2D eigenvalue weighted by Crippen LogP contribution is 2.37. The minimum absolute atomic E-state index is 0.352. The Kier molecular flexibility index (Phi) is 3.91. The van der Waals surface area contributed by atoms with E-state index in [1.54, 1.807) is 6.07 Å². The van der Waals surface area contributed by atoms with Gasteiger partial charge in [0.25, 0.3) is 0 Å². The van der Waals surface area contributed by atoms with Crippen molar-refractivity contribution in [1.29, 1.82) is 0 Å². The van der Waals surface area contributed by atoms with E-state index in [-0.39, 0.29) is 0 Å². The summed E-state index contributed by atoms with van der Waals surface area (Å²) in [6.45, 7) is 1.14. The SMILES string of the molecule is C[N+](C)(C)CCNS(=O)(=O)c1ccc2ccc3cccc4ccc1c2c34. The molecule has 4 nitrogen and oxygen atoms in total. The molecule has 5 heteroatoms. The van der Waals surface area contributed by atoms with Crippen molar-refractivity contribution in [2.45, 2.75) is 4.90 Å². The topological polar surface area (TPSA) is 46.2 Å². The molecule has 4 aromatic rings. The smallest absolute Gasteiger partial charge is 0.241 e. The van der Waals surface area contributed by atoms with Crippen LogP contribution in [0.3, 0.4) is 0 Å². The number of hydrogen-bond donors (Lipinski definition) is 1. The molecule has 26 heavy (non-hydrogen) atoms. The van der Waals surface area contributed by atoms with Crippen molar-refractivity contribution in [3.05, 3.63) is 54.6 Å². The van der Waals surface area contributed by atoms with Gasteiger partial charge in [-0.25, -0.2) is 13.1 Å². The first kappa shape index (κ1) is 17.2. The van der Waals surface area contributed by atoms with E-state index in [4.69, 9.17) is 0 Å².